The second-order valence-electron chi connectivity index (χ2n) is 5.86. The predicted octanol–water partition coefficient (Wildman–Crippen LogP) is 2.96. The van der Waals surface area contributed by atoms with Gasteiger partial charge in [0.25, 0.3) is 0 Å². The maximum Gasteiger partial charge on any atom is 0.119 e. The summed E-state index contributed by atoms with van der Waals surface area (Å²) in [7, 11) is 1.73. The lowest BCUT2D eigenvalue weighted by atomic mass is 9.76. The fourth-order valence-corrected chi connectivity index (χ4v) is 3.71. The Bertz CT molecular complexity index is 427. The predicted molar refractivity (Wildman–Crippen MR) is 71.9 cm³/mol. The van der Waals surface area contributed by atoms with Crippen LogP contribution < -0.4 is 4.74 Å². The molecule has 0 aromatic heterocycles. The summed E-state index contributed by atoms with van der Waals surface area (Å²) in [5.41, 5.74) is 2.96. The smallest absolute Gasteiger partial charge is 0.119 e. The average molecular weight is 246 g/mol. The zero-order valence-electron chi connectivity index (χ0n) is 11.1. The van der Waals surface area contributed by atoms with E-state index >= 15 is 0 Å². The largest absolute Gasteiger partial charge is 0.497 e. The highest BCUT2D eigenvalue weighted by Gasteiger charge is 2.31. The molecular weight excluding hydrogens is 224 g/mol. The Morgan fingerprint density at radius 1 is 1.11 bits per heavy atom. The minimum Gasteiger partial charge on any atom is -0.497 e. The minimum atomic E-state index is -0.0349. The second-order valence-corrected chi connectivity index (χ2v) is 5.86. The van der Waals surface area contributed by atoms with Crippen LogP contribution in [0.2, 0.25) is 0 Å². The fraction of sp³-hybridized carbons (Fsp3) is 0.625. The van der Waals surface area contributed by atoms with Gasteiger partial charge >= 0.3 is 0 Å². The molecule has 1 fully saturated rings. The topological polar surface area (TPSA) is 29.5 Å². The zero-order valence-corrected chi connectivity index (χ0v) is 11.1. The minimum absolute atomic E-state index is 0.0349. The number of rotatable bonds is 2. The van der Waals surface area contributed by atoms with Crippen molar-refractivity contribution in [3.8, 4) is 5.75 Å². The molecule has 2 aliphatic rings. The Morgan fingerprint density at radius 3 is 2.72 bits per heavy atom. The van der Waals surface area contributed by atoms with E-state index in [-0.39, 0.29) is 6.10 Å². The average Bonchev–Trinajstić information content (AvgIpc) is 2.84. The number of hydrogen-bond donors (Lipinski definition) is 1. The molecule has 1 aromatic carbocycles. The number of fused-ring (bicyclic) bond motifs is 1. The number of aliphatic hydroxyl groups is 1. The molecule has 98 valence electrons. The van der Waals surface area contributed by atoms with Gasteiger partial charge in [-0.2, -0.15) is 0 Å². The van der Waals surface area contributed by atoms with Crippen LogP contribution >= 0.6 is 0 Å². The highest BCUT2D eigenvalue weighted by molar-refractivity contribution is 5.37. The monoisotopic (exact) mass is 246 g/mol. The standard InChI is InChI=1S/C16H22O2/c1-18-16-7-5-12-8-11(2-3-14(12)10-16)13-4-6-15(17)9-13/h5,7,10-11,13,15,17H,2-4,6,8-9H2,1H3/t11-,13+,15+/m0/s1. The van der Waals surface area contributed by atoms with Gasteiger partial charge in [0.05, 0.1) is 13.2 Å². The van der Waals surface area contributed by atoms with Gasteiger partial charge in [0, 0.05) is 0 Å². The van der Waals surface area contributed by atoms with E-state index in [0.29, 0.717) is 0 Å². The Morgan fingerprint density at radius 2 is 2.00 bits per heavy atom. The van der Waals surface area contributed by atoms with E-state index in [1.54, 1.807) is 7.11 Å². The molecule has 0 saturated heterocycles. The van der Waals surface area contributed by atoms with Crippen molar-refractivity contribution in [2.45, 2.75) is 44.6 Å². The van der Waals surface area contributed by atoms with Crippen molar-refractivity contribution in [2.24, 2.45) is 11.8 Å². The van der Waals surface area contributed by atoms with E-state index in [9.17, 15) is 5.11 Å². The van der Waals surface area contributed by atoms with E-state index in [1.165, 1.54) is 36.8 Å². The third kappa shape index (κ3) is 2.26. The number of methoxy groups -OCH3 is 1. The molecule has 0 amide bonds. The van der Waals surface area contributed by atoms with Gasteiger partial charge in [-0.1, -0.05) is 6.07 Å². The van der Waals surface area contributed by atoms with Crippen LogP contribution in [0, 0.1) is 11.8 Å². The molecule has 0 unspecified atom stereocenters. The normalized spacial score (nSPS) is 31.1. The Labute approximate surface area is 109 Å². The first-order chi connectivity index (χ1) is 8.76. The lowest BCUT2D eigenvalue weighted by Gasteiger charge is -2.29. The van der Waals surface area contributed by atoms with Crippen LogP contribution in [0.1, 0.15) is 36.8 Å². The quantitative estimate of drug-likeness (QED) is 0.869. The third-order valence-corrected chi connectivity index (χ3v) is 4.79. The van der Waals surface area contributed by atoms with Crippen molar-refractivity contribution in [1.82, 2.24) is 0 Å². The van der Waals surface area contributed by atoms with Gasteiger partial charge in [0.1, 0.15) is 5.75 Å². The number of aliphatic hydroxyl groups excluding tert-OH is 1. The van der Waals surface area contributed by atoms with Gasteiger partial charge in [-0.05, 0) is 73.6 Å². The first-order valence-electron chi connectivity index (χ1n) is 7.10. The number of ether oxygens (including phenoxy) is 1. The molecule has 2 heteroatoms. The lowest BCUT2D eigenvalue weighted by molar-refractivity contribution is 0.168. The summed E-state index contributed by atoms with van der Waals surface area (Å²) in [6, 6.07) is 6.49. The Balaban J connectivity index is 1.73. The molecule has 0 bridgehead atoms. The van der Waals surface area contributed by atoms with Crippen molar-refractivity contribution in [2.75, 3.05) is 7.11 Å². The first kappa shape index (κ1) is 12.0. The molecule has 2 aliphatic carbocycles. The maximum absolute atomic E-state index is 9.68. The molecule has 0 heterocycles. The lowest BCUT2D eigenvalue weighted by Crippen LogP contribution is -2.21. The molecule has 2 nitrogen and oxygen atoms in total. The second kappa shape index (κ2) is 4.93. The summed E-state index contributed by atoms with van der Waals surface area (Å²) in [6.45, 7) is 0. The SMILES string of the molecule is COc1ccc2c(c1)CC[C@H]([C@@H]1CC[C@@H](O)C1)C2. The summed E-state index contributed by atoms with van der Waals surface area (Å²) in [5, 5.41) is 9.68. The molecular formula is C16H22O2. The molecule has 1 saturated carbocycles. The van der Waals surface area contributed by atoms with E-state index in [0.717, 1.165) is 30.4 Å². The van der Waals surface area contributed by atoms with Crippen molar-refractivity contribution < 1.29 is 9.84 Å². The Kier molecular flexibility index (Phi) is 3.29. The molecule has 18 heavy (non-hydrogen) atoms. The zero-order chi connectivity index (χ0) is 12.5. The molecule has 1 N–H and O–H groups in total. The van der Waals surface area contributed by atoms with E-state index in [1.807, 2.05) is 0 Å². The van der Waals surface area contributed by atoms with Crippen molar-refractivity contribution in [3.63, 3.8) is 0 Å². The molecule has 3 rings (SSSR count). The van der Waals surface area contributed by atoms with Gasteiger partial charge in [-0.25, -0.2) is 0 Å². The van der Waals surface area contributed by atoms with Crippen LogP contribution in [0.15, 0.2) is 18.2 Å². The van der Waals surface area contributed by atoms with Crippen molar-refractivity contribution in [3.05, 3.63) is 29.3 Å². The van der Waals surface area contributed by atoms with Crippen LogP contribution in [-0.4, -0.2) is 18.3 Å². The summed E-state index contributed by atoms with van der Waals surface area (Å²) < 4.78 is 5.29. The van der Waals surface area contributed by atoms with Gasteiger partial charge in [0.2, 0.25) is 0 Å². The van der Waals surface area contributed by atoms with Crippen LogP contribution in [0.25, 0.3) is 0 Å². The van der Waals surface area contributed by atoms with Crippen LogP contribution in [0.4, 0.5) is 0 Å². The molecule has 3 atom stereocenters. The van der Waals surface area contributed by atoms with Crippen LogP contribution in [0.3, 0.4) is 0 Å². The summed E-state index contributed by atoms with van der Waals surface area (Å²) >= 11 is 0. The van der Waals surface area contributed by atoms with Crippen LogP contribution in [0.5, 0.6) is 5.75 Å². The van der Waals surface area contributed by atoms with Gasteiger partial charge in [-0.3, -0.25) is 0 Å². The highest BCUT2D eigenvalue weighted by atomic mass is 16.5. The van der Waals surface area contributed by atoms with E-state index < -0.39 is 0 Å². The number of hydrogen-bond acceptors (Lipinski definition) is 2. The van der Waals surface area contributed by atoms with Gasteiger partial charge in [-0.15, -0.1) is 0 Å². The number of aryl methyl sites for hydroxylation is 1. The number of benzene rings is 1. The van der Waals surface area contributed by atoms with Gasteiger partial charge in [0.15, 0.2) is 0 Å². The molecule has 0 aliphatic heterocycles. The molecule has 1 aromatic rings. The van der Waals surface area contributed by atoms with Gasteiger partial charge < -0.3 is 9.84 Å². The molecule has 0 radical (unpaired) electrons. The Hall–Kier alpha value is -1.02. The summed E-state index contributed by atoms with van der Waals surface area (Å²) in [5.74, 6) is 2.50. The summed E-state index contributed by atoms with van der Waals surface area (Å²) in [4.78, 5) is 0. The summed E-state index contributed by atoms with van der Waals surface area (Å²) in [6.07, 6.45) is 6.86. The first-order valence-corrected chi connectivity index (χ1v) is 7.10. The molecule has 0 spiro atoms. The van der Waals surface area contributed by atoms with E-state index in [4.69, 9.17) is 4.74 Å². The van der Waals surface area contributed by atoms with E-state index in [2.05, 4.69) is 18.2 Å². The highest BCUT2D eigenvalue weighted by Crippen LogP contribution is 2.39. The third-order valence-electron chi connectivity index (χ3n) is 4.79. The van der Waals surface area contributed by atoms with Crippen molar-refractivity contribution >= 4 is 0 Å². The maximum atomic E-state index is 9.68. The van der Waals surface area contributed by atoms with Crippen molar-refractivity contribution in [1.29, 1.82) is 0 Å². The van der Waals surface area contributed by atoms with Crippen LogP contribution in [-0.2, 0) is 12.8 Å². The fourth-order valence-electron chi connectivity index (χ4n) is 3.71.